The highest BCUT2D eigenvalue weighted by Crippen LogP contribution is 2.25. The molecule has 34 heavy (non-hydrogen) atoms. The molecule has 1 fully saturated rings. The van der Waals surface area contributed by atoms with Gasteiger partial charge in [0.25, 0.3) is 0 Å². The topological polar surface area (TPSA) is 157 Å². The minimum absolute atomic E-state index is 0.0329. The van der Waals surface area contributed by atoms with Crippen LogP contribution in [0.2, 0.25) is 0 Å². The van der Waals surface area contributed by atoms with Gasteiger partial charge in [-0.25, -0.2) is 0 Å². The van der Waals surface area contributed by atoms with E-state index in [0.29, 0.717) is 19.3 Å². The number of phenols is 2. The molecule has 0 aromatic heterocycles. The summed E-state index contributed by atoms with van der Waals surface area (Å²) < 4.78 is 11.3. The number of aryl methyl sites for hydroxylation is 2. The third-order valence-electron chi connectivity index (χ3n) is 5.95. The second kappa shape index (κ2) is 12.3. The van der Waals surface area contributed by atoms with Gasteiger partial charge >= 0.3 is 0 Å². The van der Waals surface area contributed by atoms with Crippen molar-refractivity contribution in [3.8, 4) is 11.5 Å². The Morgan fingerprint density at radius 3 is 1.97 bits per heavy atom. The molecule has 9 nitrogen and oxygen atoms in total. The van der Waals surface area contributed by atoms with Crippen LogP contribution in [0.25, 0.3) is 0 Å². The zero-order valence-corrected chi connectivity index (χ0v) is 18.7. The van der Waals surface area contributed by atoms with Gasteiger partial charge in [-0.3, -0.25) is 4.79 Å². The number of hydrogen-bond acceptors (Lipinski definition) is 9. The first-order valence-corrected chi connectivity index (χ1v) is 11.3. The third kappa shape index (κ3) is 7.23. The van der Waals surface area contributed by atoms with Crippen molar-refractivity contribution in [2.75, 3.05) is 6.61 Å². The van der Waals surface area contributed by atoms with Crippen molar-refractivity contribution in [2.24, 2.45) is 0 Å². The number of carbonyl (C=O) groups excluding carboxylic acids is 1. The van der Waals surface area contributed by atoms with Gasteiger partial charge in [0.15, 0.2) is 6.29 Å². The van der Waals surface area contributed by atoms with E-state index >= 15 is 0 Å². The number of phenolic OH excluding ortho intramolecular Hbond substituents is 2. The van der Waals surface area contributed by atoms with E-state index < -0.39 is 43.4 Å². The van der Waals surface area contributed by atoms with Crippen molar-refractivity contribution in [3.63, 3.8) is 0 Å². The quantitative estimate of drug-likeness (QED) is 0.276. The van der Waals surface area contributed by atoms with Gasteiger partial charge in [-0.1, -0.05) is 24.3 Å². The summed E-state index contributed by atoms with van der Waals surface area (Å²) in [5.41, 5.74) is 1.82. The Labute approximate surface area is 197 Å². The van der Waals surface area contributed by atoms with E-state index in [1.807, 2.05) is 0 Å². The fraction of sp³-hybridized carbons (Fsp3) is 0.480. The van der Waals surface area contributed by atoms with Crippen molar-refractivity contribution in [1.29, 1.82) is 0 Å². The van der Waals surface area contributed by atoms with Crippen LogP contribution in [0.3, 0.4) is 0 Å². The average molecular weight is 477 g/mol. The summed E-state index contributed by atoms with van der Waals surface area (Å²) in [4.78, 5) is 12.7. The van der Waals surface area contributed by atoms with E-state index in [0.717, 1.165) is 11.1 Å². The molecule has 186 valence electrons. The number of benzene rings is 2. The number of aliphatic hydroxyl groups is 4. The Morgan fingerprint density at radius 1 is 0.853 bits per heavy atom. The van der Waals surface area contributed by atoms with Crippen LogP contribution in [0.4, 0.5) is 0 Å². The van der Waals surface area contributed by atoms with Crippen molar-refractivity contribution in [2.45, 2.75) is 68.9 Å². The highest BCUT2D eigenvalue weighted by molar-refractivity contribution is 5.79. The summed E-state index contributed by atoms with van der Waals surface area (Å²) in [7, 11) is 0. The molecular formula is C25H32O9. The van der Waals surface area contributed by atoms with Crippen LogP contribution in [-0.2, 0) is 27.1 Å². The smallest absolute Gasteiger partial charge is 0.186 e. The molecule has 1 saturated heterocycles. The van der Waals surface area contributed by atoms with Gasteiger partial charge < -0.3 is 40.1 Å². The van der Waals surface area contributed by atoms with E-state index in [1.165, 1.54) is 0 Å². The van der Waals surface area contributed by atoms with Crippen molar-refractivity contribution < 1.29 is 44.9 Å². The first-order valence-electron chi connectivity index (χ1n) is 11.3. The zero-order valence-electron chi connectivity index (χ0n) is 18.7. The van der Waals surface area contributed by atoms with Gasteiger partial charge in [-0.05, 0) is 54.7 Å². The predicted octanol–water partition coefficient (Wildman–Crippen LogP) is 0.807. The Hall–Kier alpha value is -2.53. The largest absolute Gasteiger partial charge is 0.508 e. The van der Waals surface area contributed by atoms with Crippen molar-refractivity contribution >= 4 is 5.78 Å². The lowest BCUT2D eigenvalue weighted by Gasteiger charge is -2.40. The number of ketones is 1. The van der Waals surface area contributed by atoms with Gasteiger partial charge in [0, 0.05) is 12.8 Å². The highest BCUT2D eigenvalue weighted by Gasteiger charge is 2.44. The molecule has 1 heterocycles. The fourth-order valence-electron chi connectivity index (χ4n) is 3.88. The normalized spacial score (nSPS) is 25.7. The molecule has 3 rings (SSSR count). The first kappa shape index (κ1) is 26.1. The number of Topliss-reactive ketones (excluding diaryl/α,β-unsaturated/α-hetero) is 1. The second-order valence-corrected chi connectivity index (χ2v) is 8.57. The van der Waals surface area contributed by atoms with E-state index in [-0.39, 0.29) is 30.1 Å². The minimum atomic E-state index is -1.57. The molecule has 0 bridgehead atoms. The minimum Gasteiger partial charge on any atom is -0.508 e. The van der Waals surface area contributed by atoms with E-state index in [4.69, 9.17) is 9.47 Å². The molecule has 0 saturated carbocycles. The standard InChI is InChI=1S/C25H32O9/c26-14-21-22(30)23(31)24(32)25(34-21)33-20(12-6-16-3-9-18(28)10-4-16)13-19(29)11-5-15-1-7-17(27)8-2-15/h1-4,7-10,20-28,30-32H,5-6,11-14H2/t20-,21-,22-,23+,24-,25+/m1/s1. The molecular weight excluding hydrogens is 444 g/mol. The van der Waals surface area contributed by atoms with Crippen LogP contribution < -0.4 is 0 Å². The summed E-state index contributed by atoms with van der Waals surface area (Å²) in [6, 6.07) is 13.2. The molecule has 1 aliphatic heterocycles. The SMILES string of the molecule is O=C(CCc1ccc(O)cc1)C[C@@H](CCc1ccc(O)cc1)O[C@H]1O[C@H](CO)[C@@H](O)[C@H](O)[C@H]1O. The number of hydrogen-bond donors (Lipinski definition) is 6. The van der Waals surface area contributed by atoms with Gasteiger partial charge in [-0.2, -0.15) is 0 Å². The molecule has 2 aromatic carbocycles. The first-order chi connectivity index (χ1) is 16.3. The Kier molecular flexibility index (Phi) is 9.40. The lowest BCUT2D eigenvalue weighted by Crippen LogP contribution is -2.59. The van der Waals surface area contributed by atoms with Gasteiger partial charge in [0.05, 0.1) is 12.7 Å². The number of rotatable bonds is 11. The van der Waals surface area contributed by atoms with E-state index in [1.54, 1.807) is 48.5 Å². The Bertz CT molecular complexity index is 898. The molecule has 6 N–H and O–H groups in total. The lowest BCUT2D eigenvalue weighted by molar-refractivity contribution is -0.311. The fourth-order valence-corrected chi connectivity index (χ4v) is 3.88. The average Bonchev–Trinajstić information content (AvgIpc) is 2.83. The van der Waals surface area contributed by atoms with Crippen LogP contribution in [0.15, 0.2) is 48.5 Å². The number of aliphatic hydroxyl groups excluding tert-OH is 4. The molecule has 6 atom stereocenters. The maximum atomic E-state index is 12.7. The van der Waals surface area contributed by atoms with Gasteiger partial charge in [-0.15, -0.1) is 0 Å². The summed E-state index contributed by atoms with van der Waals surface area (Å²) in [5.74, 6) is 0.216. The van der Waals surface area contributed by atoms with Crippen LogP contribution in [-0.4, -0.2) is 79.8 Å². The Balaban J connectivity index is 1.64. The van der Waals surface area contributed by atoms with Crippen LogP contribution in [0.5, 0.6) is 11.5 Å². The van der Waals surface area contributed by atoms with Crippen LogP contribution >= 0.6 is 0 Å². The maximum absolute atomic E-state index is 12.7. The number of carbonyl (C=O) groups is 1. The molecule has 0 aliphatic carbocycles. The van der Waals surface area contributed by atoms with Gasteiger partial charge in [0.2, 0.25) is 0 Å². The second-order valence-electron chi connectivity index (χ2n) is 8.57. The zero-order chi connectivity index (χ0) is 24.7. The maximum Gasteiger partial charge on any atom is 0.186 e. The van der Waals surface area contributed by atoms with Crippen LogP contribution in [0.1, 0.15) is 30.4 Å². The van der Waals surface area contributed by atoms with Gasteiger partial charge in [0.1, 0.15) is 41.7 Å². The van der Waals surface area contributed by atoms with Crippen molar-refractivity contribution in [3.05, 3.63) is 59.7 Å². The summed E-state index contributed by atoms with van der Waals surface area (Å²) in [6.45, 7) is -0.575. The molecule has 9 heteroatoms. The molecule has 0 amide bonds. The highest BCUT2D eigenvalue weighted by atomic mass is 16.7. The third-order valence-corrected chi connectivity index (χ3v) is 5.95. The summed E-state index contributed by atoms with van der Waals surface area (Å²) in [6.07, 6.45) is -6.03. The predicted molar refractivity (Wildman–Crippen MR) is 121 cm³/mol. The van der Waals surface area contributed by atoms with Crippen LogP contribution in [0, 0.1) is 0 Å². The molecule has 1 aliphatic rings. The lowest BCUT2D eigenvalue weighted by atomic mass is 9.98. The molecule has 0 spiro atoms. The monoisotopic (exact) mass is 476 g/mol. The van der Waals surface area contributed by atoms with E-state index in [9.17, 15) is 35.4 Å². The Morgan fingerprint density at radius 2 is 1.41 bits per heavy atom. The summed E-state index contributed by atoms with van der Waals surface area (Å²) in [5, 5.41) is 58.6. The molecule has 0 unspecified atom stereocenters. The summed E-state index contributed by atoms with van der Waals surface area (Å²) >= 11 is 0. The molecule has 2 aromatic rings. The molecule has 0 radical (unpaired) electrons. The van der Waals surface area contributed by atoms with E-state index in [2.05, 4.69) is 0 Å². The number of aromatic hydroxyl groups is 2. The van der Waals surface area contributed by atoms with Crippen molar-refractivity contribution in [1.82, 2.24) is 0 Å². The number of ether oxygens (including phenoxy) is 2.